The molecule has 0 amide bonds. The van der Waals surface area contributed by atoms with Crippen molar-refractivity contribution in [2.24, 2.45) is 34.3 Å². The fraction of sp³-hybridized carbons (Fsp3) is 0.895. The Labute approximate surface area is 137 Å². The summed E-state index contributed by atoms with van der Waals surface area (Å²) >= 11 is 0. The Morgan fingerprint density at radius 2 is 1.91 bits per heavy atom. The smallest absolute Gasteiger partial charge is 0.263 e. The van der Waals surface area contributed by atoms with Gasteiger partial charge in [0.25, 0.3) is 5.92 Å². The van der Waals surface area contributed by atoms with Crippen LogP contribution in [-0.4, -0.2) is 23.2 Å². The fourth-order valence-corrected chi connectivity index (χ4v) is 6.66. The molecule has 23 heavy (non-hydrogen) atoms. The molecule has 0 heterocycles. The molecule has 2 nitrogen and oxygen atoms in total. The van der Waals surface area contributed by atoms with E-state index in [1.165, 1.54) is 5.57 Å². The number of aliphatic hydroxyl groups excluding tert-OH is 1. The average Bonchev–Trinajstić information content (AvgIpc) is 2.68. The molecule has 3 saturated carbocycles. The SMILES string of the molecule is C[C@]12CC[C@H]3[C@@H](CC=C4C[C@@H](O)CC[C@@]43C)[C@@H]1CC(F)(F)[C@@H]2N. The zero-order chi connectivity index (χ0) is 16.6. The molecule has 0 saturated heterocycles. The molecule has 7 atom stereocenters. The van der Waals surface area contributed by atoms with E-state index in [0.717, 1.165) is 38.5 Å². The highest BCUT2D eigenvalue weighted by molar-refractivity contribution is 5.26. The van der Waals surface area contributed by atoms with Crippen LogP contribution in [0.5, 0.6) is 0 Å². The van der Waals surface area contributed by atoms with E-state index in [1.807, 2.05) is 6.92 Å². The van der Waals surface area contributed by atoms with Crippen LogP contribution in [0.4, 0.5) is 8.78 Å². The lowest BCUT2D eigenvalue weighted by Crippen LogP contribution is -2.53. The summed E-state index contributed by atoms with van der Waals surface area (Å²) in [4.78, 5) is 0. The van der Waals surface area contributed by atoms with Gasteiger partial charge in [-0.2, -0.15) is 0 Å². The lowest BCUT2D eigenvalue weighted by atomic mass is 9.48. The van der Waals surface area contributed by atoms with Crippen LogP contribution in [0.15, 0.2) is 11.6 Å². The van der Waals surface area contributed by atoms with Gasteiger partial charge in [0.05, 0.1) is 12.1 Å². The third kappa shape index (κ3) is 2.03. The summed E-state index contributed by atoms with van der Waals surface area (Å²) in [6.07, 6.45) is 7.35. The summed E-state index contributed by atoms with van der Waals surface area (Å²) in [5.74, 6) is -1.87. The molecular weight excluding hydrogens is 296 g/mol. The molecule has 0 aromatic carbocycles. The molecule has 4 rings (SSSR count). The highest BCUT2D eigenvalue weighted by Crippen LogP contribution is 2.66. The molecule has 3 fully saturated rings. The highest BCUT2D eigenvalue weighted by atomic mass is 19.3. The highest BCUT2D eigenvalue weighted by Gasteiger charge is 2.65. The minimum absolute atomic E-state index is 0.0340. The van der Waals surface area contributed by atoms with Gasteiger partial charge in [-0.1, -0.05) is 25.5 Å². The number of alkyl halides is 2. The van der Waals surface area contributed by atoms with Gasteiger partial charge in [0.1, 0.15) is 0 Å². The van der Waals surface area contributed by atoms with Crippen LogP contribution < -0.4 is 5.73 Å². The lowest BCUT2D eigenvalue weighted by Gasteiger charge is -2.57. The van der Waals surface area contributed by atoms with Crippen molar-refractivity contribution >= 4 is 0 Å². The monoisotopic (exact) mass is 325 g/mol. The van der Waals surface area contributed by atoms with Crippen LogP contribution >= 0.6 is 0 Å². The molecule has 4 heteroatoms. The van der Waals surface area contributed by atoms with Gasteiger partial charge in [-0.05, 0) is 67.1 Å². The number of hydrogen-bond donors (Lipinski definition) is 2. The first-order chi connectivity index (χ1) is 10.7. The van der Waals surface area contributed by atoms with Gasteiger partial charge in [-0.3, -0.25) is 0 Å². The van der Waals surface area contributed by atoms with E-state index in [-0.39, 0.29) is 23.9 Å². The maximum absolute atomic E-state index is 14.4. The van der Waals surface area contributed by atoms with E-state index in [9.17, 15) is 13.9 Å². The Morgan fingerprint density at radius 3 is 2.65 bits per heavy atom. The van der Waals surface area contributed by atoms with Crippen molar-refractivity contribution in [2.75, 3.05) is 0 Å². The second-order valence-corrected chi connectivity index (χ2v) is 9.14. The predicted octanol–water partition coefficient (Wildman–Crippen LogP) is 3.88. The summed E-state index contributed by atoms with van der Waals surface area (Å²) in [6, 6.07) is -0.993. The minimum Gasteiger partial charge on any atom is -0.393 e. The first-order valence-corrected chi connectivity index (χ1v) is 9.19. The molecule has 4 aliphatic rings. The lowest BCUT2D eigenvalue weighted by molar-refractivity contribution is -0.0427. The van der Waals surface area contributed by atoms with Crippen molar-refractivity contribution in [2.45, 2.75) is 76.9 Å². The number of aliphatic hydroxyl groups is 1. The zero-order valence-corrected chi connectivity index (χ0v) is 14.2. The van der Waals surface area contributed by atoms with E-state index in [4.69, 9.17) is 5.73 Å². The molecule has 4 aliphatic carbocycles. The first kappa shape index (κ1) is 16.0. The van der Waals surface area contributed by atoms with Gasteiger partial charge in [0.2, 0.25) is 0 Å². The maximum atomic E-state index is 14.4. The Bertz CT molecular complexity index is 547. The Hall–Kier alpha value is -0.480. The number of halogens is 2. The maximum Gasteiger partial charge on any atom is 0.263 e. The van der Waals surface area contributed by atoms with Crippen LogP contribution in [0.25, 0.3) is 0 Å². The first-order valence-electron chi connectivity index (χ1n) is 9.19. The van der Waals surface area contributed by atoms with E-state index in [1.54, 1.807) is 0 Å². The van der Waals surface area contributed by atoms with Crippen LogP contribution in [0.1, 0.15) is 58.8 Å². The number of nitrogens with two attached hydrogens (primary N) is 1. The summed E-state index contributed by atoms with van der Waals surface area (Å²) in [5.41, 5.74) is 7.08. The standard InChI is InChI=1S/C19H29F2NO/c1-17-7-5-12(23)9-11(17)3-4-13-14(17)6-8-18(2)15(13)10-19(20,21)16(18)22/h3,12-16,23H,4-10,22H2,1-2H3/t12-,13+,14-,15-,16+,17-,18-/m0/s1. The largest absolute Gasteiger partial charge is 0.393 e. The summed E-state index contributed by atoms with van der Waals surface area (Å²) in [6.45, 7) is 4.32. The quantitative estimate of drug-likeness (QED) is 0.664. The van der Waals surface area contributed by atoms with Crippen LogP contribution in [0.2, 0.25) is 0 Å². The van der Waals surface area contributed by atoms with Crippen molar-refractivity contribution in [3.05, 3.63) is 11.6 Å². The minimum atomic E-state index is -2.72. The molecule has 0 aliphatic heterocycles. The predicted molar refractivity (Wildman–Crippen MR) is 86.0 cm³/mol. The van der Waals surface area contributed by atoms with E-state index >= 15 is 0 Å². The molecule has 3 N–H and O–H groups in total. The second kappa shape index (κ2) is 4.78. The molecule has 0 bridgehead atoms. The van der Waals surface area contributed by atoms with Gasteiger partial charge in [0, 0.05) is 6.42 Å². The molecule has 0 radical (unpaired) electrons. The molecular formula is C19H29F2NO. The Kier molecular flexibility index (Phi) is 3.33. The molecule has 0 aromatic rings. The normalized spacial score (nSPS) is 54.7. The van der Waals surface area contributed by atoms with E-state index in [2.05, 4.69) is 13.0 Å². The van der Waals surface area contributed by atoms with Crippen molar-refractivity contribution in [3.63, 3.8) is 0 Å². The van der Waals surface area contributed by atoms with E-state index < -0.39 is 17.4 Å². The van der Waals surface area contributed by atoms with Crippen molar-refractivity contribution in [1.82, 2.24) is 0 Å². The third-order valence-electron chi connectivity index (χ3n) is 8.17. The zero-order valence-electron chi connectivity index (χ0n) is 14.2. The topological polar surface area (TPSA) is 46.2 Å². The molecule has 0 spiro atoms. The summed E-state index contributed by atoms with van der Waals surface area (Å²) < 4.78 is 28.7. The number of hydrogen-bond acceptors (Lipinski definition) is 2. The van der Waals surface area contributed by atoms with Gasteiger partial charge < -0.3 is 10.8 Å². The number of fused-ring (bicyclic) bond motifs is 5. The van der Waals surface area contributed by atoms with Crippen molar-refractivity contribution in [3.8, 4) is 0 Å². The summed E-state index contributed by atoms with van der Waals surface area (Å²) in [7, 11) is 0. The average molecular weight is 325 g/mol. The Balaban J connectivity index is 1.70. The third-order valence-corrected chi connectivity index (χ3v) is 8.17. The molecule has 0 aromatic heterocycles. The van der Waals surface area contributed by atoms with Crippen molar-refractivity contribution in [1.29, 1.82) is 0 Å². The fourth-order valence-electron chi connectivity index (χ4n) is 6.66. The van der Waals surface area contributed by atoms with Crippen molar-refractivity contribution < 1.29 is 13.9 Å². The van der Waals surface area contributed by atoms with E-state index in [0.29, 0.717) is 11.8 Å². The van der Waals surface area contributed by atoms with Crippen LogP contribution in [0, 0.1) is 28.6 Å². The Morgan fingerprint density at radius 1 is 1.17 bits per heavy atom. The van der Waals surface area contributed by atoms with Gasteiger partial charge in [0.15, 0.2) is 0 Å². The van der Waals surface area contributed by atoms with Gasteiger partial charge >= 0.3 is 0 Å². The summed E-state index contributed by atoms with van der Waals surface area (Å²) in [5, 5.41) is 10.00. The number of allylic oxidation sites excluding steroid dienone is 1. The molecule has 130 valence electrons. The van der Waals surface area contributed by atoms with Gasteiger partial charge in [-0.25, -0.2) is 8.78 Å². The van der Waals surface area contributed by atoms with Crippen LogP contribution in [0.3, 0.4) is 0 Å². The van der Waals surface area contributed by atoms with Crippen LogP contribution in [-0.2, 0) is 0 Å². The van der Waals surface area contributed by atoms with Gasteiger partial charge in [-0.15, -0.1) is 0 Å². The second-order valence-electron chi connectivity index (χ2n) is 9.14. The number of rotatable bonds is 0. The molecule has 0 unspecified atom stereocenters.